The number of primary amides is 1. The highest BCUT2D eigenvalue weighted by Gasteiger charge is 2.09. The van der Waals surface area contributed by atoms with E-state index in [0.29, 0.717) is 11.3 Å². The Hall–Kier alpha value is -2.98. The van der Waals surface area contributed by atoms with Crippen molar-refractivity contribution in [2.45, 2.75) is 0 Å². The van der Waals surface area contributed by atoms with E-state index >= 15 is 0 Å². The van der Waals surface area contributed by atoms with Crippen molar-refractivity contribution in [2.24, 2.45) is 5.73 Å². The van der Waals surface area contributed by atoms with Gasteiger partial charge in [-0.25, -0.2) is 4.98 Å². The maximum atomic E-state index is 13.4. The summed E-state index contributed by atoms with van der Waals surface area (Å²) < 4.78 is 18.7. The van der Waals surface area contributed by atoms with Gasteiger partial charge in [-0.1, -0.05) is 12.1 Å². The molecule has 0 aliphatic heterocycles. The van der Waals surface area contributed by atoms with E-state index in [4.69, 9.17) is 27.3 Å². The fourth-order valence-corrected chi connectivity index (χ4v) is 1.60. The summed E-state index contributed by atoms with van der Waals surface area (Å²) in [5, 5.41) is 8.61. The van der Waals surface area contributed by atoms with Crippen LogP contribution in [0.2, 0.25) is 5.28 Å². The molecule has 6 nitrogen and oxygen atoms in total. The highest BCUT2D eigenvalue weighted by Crippen LogP contribution is 2.23. The lowest BCUT2D eigenvalue weighted by molar-refractivity contribution is -0.114. The van der Waals surface area contributed by atoms with Crippen LogP contribution in [-0.2, 0) is 4.79 Å². The van der Waals surface area contributed by atoms with E-state index in [-0.39, 0.29) is 16.7 Å². The zero-order valence-electron chi connectivity index (χ0n) is 11.0. The third-order valence-corrected chi connectivity index (χ3v) is 2.66. The number of carbonyl (C=O) groups is 1. The molecule has 0 saturated heterocycles. The molecule has 1 amide bonds. The molecule has 2 rings (SSSR count). The summed E-state index contributed by atoms with van der Waals surface area (Å²) >= 11 is 5.56. The maximum Gasteiger partial charge on any atom is 0.260 e. The van der Waals surface area contributed by atoms with Crippen molar-refractivity contribution in [3.05, 3.63) is 52.7 Å². The van der Waals surface area contributed by atoms with E-state index in [1.54, 1.807) is 18.2 Å². The van der Waals surface area contributed by atoms with Crippen LogP contribution in [0.3, 0.4) is 0 Å². The first-order valence-corrected chi connectivity index (χ1v) is 6.25. The molecule has 2 N–H and O–H groups in total. The van der Waals surface area contributed by atoms with Gasteiger partial charge in [0.2, 0.25) is 11.1 Å². The zero-order chi connectivity index (χ0) is 16.1. The van der Waals surface area contributed by atoms with Crippen molar-refractivity contribution >= 4 is 23.6 Å². The summed E-state index contributed by atoms with van der Waals surface area (Å²) in [6.45, 7) is 0. The van der Waals surface area contributed by atoms with E-state index in [1.165, 1.54) is 18.2 Å². The molecule has 0 unspecified atom stereocenters. The molecule has 1 heterocycles. The van der Waals surface area contributed by atoms with Crippen LogP contribution in [0.4, 0.5) is 4.39 Å². The van der Waals surface area contributed by atoms with Crippen LogP contribution in [0, 0.1) is 17.1 Å². The first kappa shape index (κ1) is 15.4. The number of carbonyl (C=O) groups excluding carboxylic acids is 1. The van der Waals surface area contributed by atoms with E-state index in [2.05, 4.69) is 9.97 Å². The molecule has 0 saturated carbocycles. The maximum absolute atomic E-state index is 13.4. The molecular weight excluding hydrogens is 311 g/mol. The number of ether oxygens (including phenoxy) is 1. The normalized spacial score (nSPS) is 10.9. The molecule has 0 bridgehead atoms. The van der Waals surface area contributed by atoms with Gasteiger partial charge < -0.3 is 10.5 Å². The largest absolute Gasteiger partial charge is 0.436 e. The molecule has 8 heteroatoms. The molecule has 0 atom stereocenters. The van der Waals surface area contributed by atoms with Gasteiger partial charge >= 0.3 is 0 Å². The van der Waals surface area contributed by atoms with Crippen LogP contribution in [0.1, 0.15) is 5.56 Å². The summed E-state index contributed by atoms with van der Waals surface area (Å²) in [5.74, 6) is -1.59. The lowest BCUT2D eigenvalue weighted by Crippen LogP contribution is -2.12. The number of aromatic nitrogens is 2. The third kappa shape index (κ3) is 3.77. The standard InChI is InChI=1S/C14H8ClFN4O2/c15-14-19-7-11(16)13(20-14)22-10-3-1-8(2-4-10)5-9(6-17)12(18)21/h1-5,7H,(H2,18,21)/b9-5-. The Labute approximate surface area is 129 Å². The zero-order valence-corrected chi connectivity index (χ0v) is 11.7. The molecule has 0 spiro atoms. The summed E-state index contributed by atoms with van der Waals surface area (Å²) in [5.41, 5.74) is 5.42. The Morgan fingerprint density at radius 2 is 2.09 bits per heavy atom. The van der Waals surface area contributed by atoms with Gasteiger partial charge in [-0.2, -0.15) is 14.6 Å². The van der Waals surface area contributed by atoms with Crippen LogP contribution in [0.15, 0.2) is 36.0 Å². The summed E-state index contributed by atoms with van der Waals surface area (Å²) in [6, 6.07) is 7.85. The van der Waals surface area contributed by atoms with Crippen LogP contribution < -0.4 is 10.5 Å². The second kappa shape index (κ2) is 6.65. The highest BCUT2D eigenvalue weighted by atomic mass is 35.5. The molecule has 0 aliphatic rings. The van der Waals surface area contributed by atoms with Gasteiger partial charge in [0.05, 0.1) is 6.20 Å². The lowest BCUT2D eigenvalue weighted by Gasteiger charge is -2.05. The van der Waals surface area contributed by atoms with Gasteiger partial charge in [-0.05, 0) is 35.4 Å². The molecule has 110 valence electrons. The Balaban J connectivity index is 2.21. The Bertz CT molecular complexity index is 784. The molecule has 2 aromatic rings. The molecule has 1 aromatic heterocycles. The number of nitrogens with zero attached hydrogens (tertiary/aromatic N) is 3. The van der Waals surface area contributed by atoms with Crippen molar-refractivity contribution in [3.8, 4) is 17.7 Å². The molecule has 1 aromatic carbocycles. The first-order valence-electron chi connectivity index (χ1n) is 5.87. The topological polar surface area (TPSA) is 102 Å². The number of hydrogen-bond acceptors (Lipinski definition) is 5. The van der Waals surface area contributed by atoms with Gasteiger partial charge in [-0.15, -0.1) is 0 Å². The Kier molecular flexibility index (Phi) is 4.66. The SMILES string of the molecule is N#C/C(=C/c1ccc(Oc2nc(Cl)ncc2F)cc1)C(N)=O. The van der Waals surface area contributed by atoms with E-state index in [1.807, 2.05) is 0 Å². The molecule has 0 aliphatic carbocycles. The number of rotatable bonds is 4. The average molecular weight is 319 g/mol. The van der Waals surface area contributed by atoms with E-state index < -0.39 is 11.7 Å². The van der Waals surface area contributed by atoms with Crippen LogP contribution >= 0.6 is 11.6 Å². The van der Waals surface area contributed by atoms with Crippen LogP contribution in [-0.4, -0.2) is 15.9 Å². The minimum absolute atomic E-state index is 0.143. The quantitative estimate of drug-likeness (QED) is 0.530. The third-order valence-electron chi connectivity index (χ3n) is 2.47. The number of benzene rings is 1. The smallest absolute Gasteiger partial charge is 0.260 e. The minimum atomic E-state index is -0.819. The fourth-order valence-electron chi connectivity index (χ4n) is 1.47. The molecule has 0 fully saturated rings. The van der Waals surface area contributed by atoms with Crippen LogP contribution in [0.5, 0.6) is 11.6 Å². The summed E-state index contributed by atoms with van der Waals surface area (Å²) in [4.78, 5) is 18.0. The van der Waals surface area contributed by atoms with Crippen molar-refractivity contribution in [1.29, 1.82) is 5.26 Å². The van der Waals surface area contributed by atoms with Crippen molar-refractivity contribution in [1.82, 2.24) is 9.97 Å². The van der Waals surface area contributed by atoms with Gasteiger partial charge in [0.15, 0.2) is 0 Å². The van der Waals surface area contributed by atoms with Gasteiger partial charge in [-0.3, -0.25) is 4.79 Å². The molecule has 0 radical (unpaired) electrons. The second-order valence-electron chi connectivity index (χ2n) is 4.00. The van der Waals surface area contributed by atoms with Gasteiger partial charge in [0.25, 0.3) is 11.8 Å². The van der Waals surface area contributed by atoms with Gasteiger partial charge in [0, 0.05) is 0 Å². The highest BCUT2D eigenvalue weighted by molar-refractivity contribution is 6.28. The van der Waals surface area contributed by atoms with Crippen molar-refractivity contribution in [2.75, 3.05) is 0 Å². The number of halogens is 2. The van der Waals surface area contributed by atoms with E-state index in [0.717, 1.165) is 6.20 Å². The average Bonchev–Trinajstić information content (AvgIpc) is 2.50. The van der Waals surface area contributed by atoms with Crippen molar-refractivity contribution < 1.29 is 13.9 Å². The predicted octanol–water partition coefficient (Wildman–Crippen LogP) is 2.45. The number of nitriles is 1. The molecule has 22 heavy (non-hydrogen) atoms. The minimum Gasteiger partial charge on any atom is -0.436 e. The second-order valence-corrected chi connectivity index (χ2v) is 4.34. The van der Waals surface area contributed by atoms with Gasteiger partial charge in [0.1, 0.15) is 17.4 Å². The number of amides is 1. The predicted molar refractivity (Wildman–Crippen MR) is 76.3 cm³/mol. The van der Waals surface area contributed by atoms with Crippen molar-refractivity contribution in [3.63, 3.8) is 0 Å². The Morgan fingerprint density at radius 1 is 1.41 bits per heavy atom. The fraction of sp³-hybridized carbons (Fsp3) is 0. The number of hydrogen-bond donors (Lipinski definition) is 1. The summed E-state index contributed by atoms with van der Waals surface area (Å²) in [7, 11) is 0. The summed E-state index contributed by atoms with van der Waals surface area (Å²) in [6.07, 6.45) is 2.22. The van der Waals surface area contributed by atoms with E-state index in [9.17, 15) is 9.18 Å². The Morgan fingerprint density at radius 3 is 2.68 bits per heavy atom. The molecular formula is C14H8ClFN4O2. The number of nitrogens with two attached hydrogens (primary N) is 1. The van der Waals surface area contributed by atoms with Crippen LogP contribution in [0.25, 0.3) is 6.08 Å². The first-order chi connectivity index (χ1) is 10.5. The monoisotopic (exact) mass is 318 g/mol. The lowest BCUT2D eigenvalue weighted by atomic mass is 10.1.